The van der Waals surface area contributed by atoms with Gasteiger partial charge in [0.25, 0.3) is 0 Å². The fourth-order valence-corrected chi connectivity index (χ4v) is 0.735. The summed E-state index contributed by atoms with van der Waals surface area (Å²) >= 11 is 0. The van der Waals surface area contributed by atoms with Crippen LogP contribution >= 0.6 is 0 Å². The van der Waals surface area contributed by atoms with Crippen LogP contribution in [-0.2, 0) is 9.59 Å². The van der Waals surface area contributed by atoms with E-state index in [4.69, 9.17) is 0 Å². The average Bonchev–Trinajstić information content (AvgIpc) is 2.00. The fourth-order valence-electron chi connectivity index (χ4n) is 0.735. The van der Waals surface area contributed by atoms with Crippen LogP contribution in [0.2, 0.25) is 0 Å². The lowest BCUT2D eigenvalue weighted by molar-refractivity contribution is -0.130. The summed E-state index contributed by atoms with van der Waals surface area (Å²) in [6, 6.07) is 0. The summed E-state index contributed by atoms with van der Waals surface area (Å²) in [6.07, 6.45) is 0. The third kappa shape index (κ3) is 5.40. The van der Waals surface area contributed by atoms with Crippen LogP contribution in [0.1, 0.15) is 41.5 Å². The largest absolute Gasteiger partial charge is 0.338 e. The Labute approximate surface area is 91.8 Å². The van der Waals surface area contributed by atoms with Gasteiger partial charge in [0.15, 0.2) is 0 Å². The highest BCUT2D eigenvalue weighted by molar-refractivity contribution is 5.83. The summed E-state index contributed by atoms with van der Waals surface area (Å²) in [5.74, 6) is -0.145. The zero-order valence-electron chi connectivity index (χ0n) is 10.5. The maximum atomic E-state index is 11.4. The maximum Gasteiger partial charge on any atom is 0.226 e. The van der Waals surface area contributed by atoms with Gasteiger partial charge in [-0.3, -0.25) is 9.59 Å². The van der Waals surface area contributed by atoms with Crippen LogP contribution in [0.3, 0.4) is 0 Å². The molecule has 4 nitrogen and oxygen atoms in total. The van der Waals surface area contributed by atoms with E-state index in [1.807, 2.05) is 41.5 Å². The molecule has 88 valence electrons. The highest BCUT2D eigenvalue weighted by Crippen LogP contribution is 2.13. The van der Waals surface area contributed by atoms with Crippen molar-refractivity contribution in [1.29, 1.82) is 0 Å². The van der Waals surface area contributed by atoms with Gasteiger partial charge < -0.3 is 10.6 Å². The predicted molar refractivity (Wildman–Crippen MR) is 60.1 cm³/mol. The first kappa shape index (κ1) is 13.9. The third-order valence-corrected chi connectivity index (χ3v) is 1.86. The predicted octanol–water partition coefficient (Wildman–Crippen LogP) is 1.27. The molecule has 15 heavy (non-hydrogen) atoms. The van der Waals surface area contributed by atoms with E-state index in [1.165, 1.54) is 0 Å². The number of carbonyl (C=O) groups excluding carboxylic acids is 2. The second kappa shape index (κ2) is 4.64. The first-order chi connectivity index (χ1) is 6.55. The SMILES string of the molecule is CC(C)(C)C(=O)NCNC(=O)C(C)(C)C. The quantitative estimate of drug-likeness (QED) is 0.680. The smallest absolute Gasteiger partial charge is 0.226 e. The molecular weight excluding hydrogens is 192 g/mol. The Hall–Kier alpha value is -1.06. The fraction of sp³-hybridized carbons (Fsp3) is 0.818. The molecule has 0 aromatic rings. The van der Waals surface area contributed by atoms with E-state index < -0.39 is 10.8 Å². The second-order valence-corrected chi connectivity index (χ2v) is 5.69. The molecule has 0 aliphatic heterocycles. The van der Waals surface area contributed by atoms with Gasteiger partial charge in [-0.1, -0.05) is 41.5 Å². The summed E-state index contributed by atoms with van der Waals surface area (Å²) < 4.78 is 0. The number of rotatable bonds is 2. The molecule has 0 atom stereocenters. The number of hydrogen-bond acceptors (Lipinski definition) is 2. The van der Waals surface area contributed by atoms with Crippen LogP contribution in [-0.4, -0.2) is 18.5 Å². The molecule has 0 aliphatic carbocycles. The van der Waals surface area contributed by atoms with Gasteiger partial charge in [0, 0.05) is 10.8 Å². The van der Waals surface area contributed by atoms with Crippen molar-refractivity contribution >= 4 is 11.8 Å². The molecule has 2 amide bonds. The van der Waals surface area contributed by atoms with Gasteiger partial charge in [-0.25, -0.2) is 0 Å². The molecule has 0 saturated heterocycles. The van der Waals surface area contributed by atoms with Gasteiger partial charge >= 0.3 is 0 Å². The van der Waals surface area contributed by atoms with Crippen molar-refractivity contribution in [2.45, 2.75) is 41.5 Å². The molecule has 4 heteroatoms. The minimum absolute atomic E-state index is 0.0725. The van der Waals surface area contributed by atoms with E-state index >= 15 is 0 Å². The van der Waals surface area contributed by atoms with Crippen LogP contribution in [0.15, 0.2) is 0 Å². The monoisotopic (exact) mass is 214 g/mol. The van der Waals surface area contributed by atoms with Crippen molar-refractivity contribution in [2.75, 3.05) is 6.67 Å². The summed E-state index contributed by atoms with van der Waals surface area (Å²) in [5.41, 5.74) is -0.848. The molecule has 0 aliphatic rings. The Morgan fingerprint density at radius 1 is 0.800 bits per heavy atom. The number of amides is 2. The van der Waals surface area contributed by atoms with Crippen LogP contribution in [0, 0.1) is 10.8 Å². The Morgan fingerprint density at radius 2 is 1.07 bits per heavy atom. The molecule has 2 N–H and O–H groups in total. The van der Waals surface area contributed by atoms with Crippen LogP contribution < -0.4 is 10.6 Å². The minimum Gasteiger partial charge on any atom is -0.338 e. The van der Waals surface area contributed by atoms with Crippen molar-refractivity contribution in [3.05, 3.63) is 0 Å². The standard InChI is InChI=1S/C11H22N2O2/c1-10(2,3)8(14)12-7-13-9(15)11(4,5)6/h7H2,1-6H3,(H,12,14)(H,13,15). The number of nitrogens with one attached hydrogen (secondary N) is 2. The molecule has 0 heterocycles. The Bertz CT molecular complexity index is 220. The van der Waals surface area contributed by atoms with Gasteiger partial charge in [0.2, 0.25) is 11.8 Å². The van der Waals surface area contributed by atoms with Crippen molar-refractivity contribution in [2.24, 2.45) is 10.8 Å². The zero-order chi connectivity index (χ0) is 12.3. The van der Waals surface area contributed by atoms with E-state index in [-0.39, 0.29) is 18.5 Å². The van der Waals surface area contributed by atoms with Gasteiger partial charge in [0.05, 0.1) is 6.67 Å². The second-order valence-electron chi connectivity index (χ2n) is 5.69. The van der Waals surface area contributed by atoms with E-state index in [0.29, 0.717) is 0 Å². The summed E-state index contributed by atoms with van der Waals surface area (Å²) in [4.78, 5) is 22.9. The first-order valence-electron chi connectivity index (χ1n) is 5.12. The highest BCUT2D eigenvalue weighted by atomic mass is 16.2. The van der Waals surface area contributed by atoms with Crippen LogP contribution in [0.5, 0.6) is 0 Å². The van der Waals surface area contributed by atoms with Crippen LogP contribution in [0.25, 0.3) is 0 Å². The Balaban J connectivity index is 3.92. The van der Waals surface area contributed by atoms with Gasteiger partial charge in [0.1, 0.15) is 0 Å². The lowest BCUT2D eigenvalue weighted by Gasteiger charge is -2.20. The molecular formula is C11H22N2O2. The lowest BCUT2D eigenvalue weighted by atomic mass is 9.95. The molecule has 0 fully saturated rings. The average molecular weight is 214 g/mol. The maximum absolute atomic E-state index is 11.4. The first-order valence-corrected chi connectivity index (χ1v) is 5.12. The van der Waals surface area contributed by atoms with Crippen LogP contribution in [0.4, 0.5) is 0 Å². The van der Waals surface area contributed by atoms with Gasteiger partial charge in [-0.05, 0) is 0 Å². The van der Waals surface area contributed by atoms with Crippen molar-refractivity contribution in [3.63, 3.8) is 0 Å². The molecule has 0 radical (unpaired) electrons. The van der Waals surface area contributed by atoms with E-state index in [1.54, 1.807) is 0 Å². The van der Waals surface area contributed by atoms with Crippen molar-refractivity contribution < 1.29 is 9.59 Å². The zero-order valence-corrected chi connectivity index (χ0v) is 10.5. The molecule has 0 aromatic carbocycles. The topological polar surface area (TPSA) is 58.2 Å². The molecule has 0 spiro atoms. The molecule has 0 bridgehead atoms. The van der Waals surface area contributed by atoms with E-state index in [2.05, 4.69) is 10.6 Å². The third-order valence-electron chi connectivity index (χ3n) is 1.86. The number of hydrogen-bond donors (Lipinski definition) is 2. The van der Waals surface area contributed by atoms with Gasteiger partial charge in [-0.2, -0.15) is 0 Å². The van der Waals surface area contributed by atoms with Crippen molar-refractivity contribution in [1.82, 2.24) is 10.6 Å². The highest BCUT2D eigenvalue weighted by Gasteiger charge is 2.23. The summed E-state index contributed by atoms with van der Waals surface area (Å²) in [5, 5.41) is 5.31. The minimum atomic E-state index is -0.424. The number of carbonyl (C=O) groups is 2. The van der Waals surface area contributed by atoms with Crippen molar-refractivity contribution in [3.8, 4) is 0 Å². The molecule has 0 unspecified atom stereocenters. The Kier molecular flexibility index (Phi) is 4.31. The Morgan fingerprint density at radius 3 is 1.27 bits per heavy atom. The van der Waals surface area contributed by atoms with Gasteiger partial charge in [-0.15, -0.1) is 0 Å². The lowest BCUT2D eigenvalue weighted by Crippen LogP contribution is -2.45. The van der Waals surface area contributed by atoms with E-state index in [9.17, 15) is 9.59 Å². The molecule has 0 rings (SSSR count). The van der Waals surface area contributed by atoms with E-state index in [0.717, 1.165) is 0 Å². The summed E-state index contributed by atoms with van der Waals surface area (Å²) in [6.45, 7) is 11.2. The molecule has 0 saturated carbocycles. The normalized spacial score (nSPS) is 12.1. The summed E-state index contributed by atoms with van der Waals surface area (Å²) in [7, 11) is 0. The molecule has 0 aromatic heterocycles.